The molecular formula is C18H18. The molecule has 0 fully saturated rings. The van der Waals surface area contributed by atoms with Gasteiger partial charge in [-0.2, -0.15) is 0 Å². The van der Waals surface area contributed by atoms with Gasteiger partial charge in [0.2, 0.25) is 0 Å². The summed E-state index contributed by atoms with van der Waals surface area (Å²) in [4.78, 5) is 0. The molecule has 18 heavy (non-hydrogen) atoms. The first kappa shape index (κ1) is 11.3. The van der Waals surface area contributed by atoms with E-state index in [9.17, 15) is 0 Å². The summed E-state index contributed by atoms with van der Waals surface area (Å²) in [6.45, 7) is 6.68. The summed E-state index contributed by atoms with van der Waals surface area (Å²) in [5.74, 6) is 0.445. The summed E-state index contributed by atoms with van der Waals surface area (Å²) < 4.78 is 0. The molecule has 0 spiro atoms. The second-order valence-electron chi connectivity index (χ2n) is 5.24. The minimum atomic E-state index is 0.445. The molecule has 1 aliphatic carbocycles. The lowest BCUT2D eigenvalue weighted by Gasteiger charge is -2.15. The smallest absolute Gasteiger partial charge is 0.0308 e. The third kappa shape index (κ3) is 1.60. The monoisotopic (exact) mass is 234 g/mol. The highest BCUT2D eigenvalue weighted by molar-refractivity contribution is 5.78. The van der Waals surface area contributed by atoms with Crippen molar-refractivity contribution in [2.24, 2.45) is 0 Å². The predicted molar refractivity (Wildman–Crippen MR) is 77.7 cm³/mol. The van der Waals surface area contributed by atoms with Crippen LogP contribution in [-0.2, 0) is 0 Å². The molecule has 0 N–H and O–H groups in total. The number of fused-ring (bicyclic) bond motifs is 1. The molecular weight excluding hydrogens is 216 g/mol. The van der Waals surface area contributed by atoms with Crippen LogP contribution in [0.3, 0.4) is 0 Å². The molecule has 0 radical (unpaired) electrons. The number of allylic oxidation sites excluding steroid dienone is 2. The Labute approximate surface area is 109 Å². The Bertz CT molecular complexity index is 618. The summed E-state index contributed by atoms with van der Waals surface area (Å²) >= 11 is 0. The zero-order valence-corrected chi connectivity index (χ0v) is 11.2. The Kier molecular flexibility index (Phi) is 2.59. The normalized spacial score (nSPS) is 18.1. The van der Waals surface area contributed by atoms with Gasteiger partial charge in [0.05, 0.1) is 0 Å². The summed E-state index contributed by atoms with van der Waals surface area (Å²) in [7, 11) is 0. The van der Waals surface area contributed by atoms with Gasteiger partial charge in [-0.15, -0.1) is 0 Å². The Morgan fingerprint density at radius 1 is 0.833 bits per heavy atom. The quantitative estimate of drug-likeness (QED) is 0.656. The van der Waals surface area contributed by atoms with Crippen molar-refractivity contribution in [3.63, 3.8) is 0 Å². The van der Waals surface area contributed by atoms with Gasteiger partial charge in [-0.1, -0.05) is 59.7 Å². The van der Waals surface area contributed by atoms with Crippen LogP contribution in [0.2, 0.25) is 0 Å². The maximum atomic E-state index is 2.34. The maximum Gasteiger partial charge on any atom is 0.0308 e. The molecule has 0 saturated carbocycles. The first-order valence-electron chi connectivity index (χ1n) is 6.51. The van der Waals surface area contributed by atoms with Crippen molar-refractivity contribution in [3.8, 4) is 0 Å². The molecule has 0 heteroatoms. The van der Waals surface area contributed by atoms with E-state index in [4.69, 9.17) is 0 Å². The predicted octanol–water partition coefficient (Wildman–Crippen LogP) is 4.93. The Balaban J connectivity index is 2.21. The fourth-order valence-electron chi connectivity index (χ4n) is 3.00. The lowest BCUT2D eigenvalue weighted by molar-refractivity contribution is 0.972. The topological polar surface area (TPSA) is 0 Å². The molecule has 0 bridgehead atoms. The minimum absolute atomic E-state index is 0.445. The van der Waals surface area contributed by atoms with Gasteiger partial charge in [-0.25, -0.2) is 0 Å². The minimum Gasteiger partial charge on any atom is -0.0622 e. The van der Waals surface area contributed by atoms with Gasteiger partial charge >= 0.3 is 0 Å². The van der Waals surface area contributed by atoms with E-state index >= 15 is 0 Å². The lowest BCUT2D eigenvalue weighted by atomic mass is 9.88. The highest BCUT2D eigenvalue weighted by Gasteiger charge is 2.27. The van der Waals surface area contributed by atoms with Crippen molar-refractivity contribution in [1.82, 2.24) is 0 Å². The zero-order chi connectivity index (χ0) is 12.7. The Hall–Kier alpha value is -1.82. The number of hydrogen-bond donors (Lipinski definition) is 0. The van der Waals surface area contributed by atoms with Crippen LogP contribution in [0.1, 0.15) is 42.0 Å². The lowest BCUT2D eigenvalue weighted by Crippen LogP contribution is -1.99. The summed E-state index contributed by atoms with van der Waals surface area (Å²) in [5.41, 5.74) is 8.57. The molecule has 90 valence electrons. The van der Waals surface area contributed by atoms with E-state index in [2.05, 4.69) is 69.3 Å². The van der Waals surface area contributed by atoms with Gasteiger partial charge in [0.15, 0.2) is 0 Å². The third-order valence-corrected chi connectivity index (χ3v) is 4.08. The van der Waals surface area contributed by atoms with Crippen molar-refractivity contribution in [1.29, 1.82) is 0 Å². The van der Waals surface area contributed by atoms with Gasteiger partial charge in [0, 0.05) is 5.92 Å². The van der Waals surface area contributed by atoms with Crippen LogP contribution in [0.15, 0.2) is 54.1 Å². The van der Waals surface area contributed by atoms with E-state index in [1.54, 1.807) is 0 Å². The van der Waals surface area contributed by atoms with E-state index in [1.807, 2.05) is 0 Å². The number of rotatable bonds is 1. The highest BCUT2D eigenvalue weighted by Crippen LogP contribution is 2.45. The molecule has 0 amide bonds. The maximum absolute atomic E-state index is 2.34. The molecule has 1 unspecified atom stereocenters. The van der Waals surface area contributed by atoms with Crippen LogP contribution in [0, 0.1) is 6.92 Å². The van der Waals surface area contributed by atoms with Crippen LogP contribution in [0.25, 0.3) is 5.57 Å². The standard InChI is InChI=1S/C18H18/c1-12-9-10-16-13(2)14(3)18(17(16)11-12)15-7-5-4-6-8-15/h4-11,18H,1-3H3. The first-order chi connectivity index (χ1) is 8.68. The highest BCUT2D eigenvalue weighted by atomic mass is 14.3. The largest absolute Gasteiger partial charge is 0.0622 e. The van der Waals surface area contributed by atoms with E-state index in [-0.39, 0.29) is 0 Å². The first-order valence-corrected chi connectivity index (χ1v) is 6.51. The molecule has 3 rings (SSSR count). The molecule has 0 nitrogen and oxygen atoms in total. The number of benzene rings is 2. The van der Waals surface area contributed by atoms with Crippen LogP contribution in [0.4, 0.5) is 0 Å². The number of aryl methyl sites for hydroxylation is 1. The molecule has 0 heterocycles. The Morgan fingerprint density at radius 3 is 2.28 bits per heavy atom. The van der Waals surface area contributed by atoms with Crippen LogP contribution < -0.4 is 0 Å². The van der Waals surface area contributed by atoms with Gasteiger partial charge < -0.3 is 0 Å². The van der Waals surface area contributed by atoms with Crippen LogP contribution >= 0.6 is 0 Å². The van der Waals surface area contributed by atoms with Crippen molar-refractivity contribution in [2.75, 3.05) is 0 Å². The van der Waals surface area contributed by atoms with Crippen molar-refractivity contribution in [3.05, 3.63) is 76.4 Å². The average molecular weight is 234 g/mol. The fraction of sp³-hybridized carbons (Fsp3) is 0.222. The summed E-state index contributed by atoms with van der Waals surface area (Å²) in [6, 6.07) is 17.6. The molecule has 0 saturated heterocycles. The Morgan fingerprint density at radius 2 is 1.56 bits per heavy atom. The molecule has 0 aliphatic heterocycles. The average Bonchev–Trinajstić information content (AvgIpc) is 2.63. The van der Waals surface area contributed by atoms with Crippen LogP contribution in [0.5, 0.6) is 0 Å². The molecule has 1 aliphatic rings. The zero-order valence-electron chi connectivity index (χ0n) is 11.2. The fourth-order valence-corrected chi connectivity index (χ4v) is 3.00. The molecule has 0 aromatic heterocycles. The SMILES string of the molecule is CC1=C(C)C(c2ccccc2)c2cc(C)ccc21. The van der Waals surface area contributed by atoms with Crippen molar-refractivity contribution < 1.29 is 0 Å². The van der Waals surface area contributed by atoms with Crippen molar-refractivity contribution >= 4 is 5.57 Å². The van der Waals surface area contributed by atoms with E-state index in [0.29, 0.717) is 5.92 Å². The van der Waals surface area contributed by atoms with Gasteiger partial charge in [0.1, 0.15) is 0 Å². The molecule has 2 aromatic carbocycles. The second kappa shape index (κ2) is 4.13. The van der Waals surface area contributed by atoms with Gasteiger partial charge in [-0.3, -0.25) is 0 Å². The third-order valence-electron chi connectivity index (χ3n) is 4.08. The van der Waals surface area contributed by atoms with E-state index in [1.165, 1.54) is 33.4 Å². The van der Waals surface area contributed by atoms with Crippen LogP contribution in [-0.4, -0.2) is 0 Å². The van der Waals surface area contributed by atoms with E-state index in [0.717, 1.165) is 0 Å². The van der Waals surface area contributed by atoms with E-state index < -0.39 is 0 Å². The summed E-state index contributed by atoms with van der Waals surface area (Å²) in [5, 5.41) is 0. The summed E-state index contributed by atoms with van der Waals surface area (Å²) in [6.07, 6.45) is 0. The molecule has 2 aromatic rings. The van der Waals surface area contributed by atoms with Crippen molar-refractivity contribution in [2.45, 2.75) is 26.7 Å². The van der Waals surface area contributed by atoms with Gasteiger partial charge in [-0.05, 0) is 43.0 Å². The number of hydrogen-bond acceptors (Lipinski definition) is 0. The van der Waals surface area contributed by atoms with Gasteiger partial charge in [0.25, 0.3) is 0 Å². The molecule has 1 atom stereocenters. The second-order valence-corrected chi connectivity index (χ2v) is 5.24.